The first-order valence-corrected chi connectivity index (χ1v) is 6.81. The quantitative estimate of drug-likeness (QED) is 0.891. The highest BCUT2D eigenvalue weighted by atomic mass is 15.2. The zero-order chi connectivity index (χ0) is 12.4. The normalized spacial score (nSPS) is 18.1. The van der Waals surface area contributed by atoms with Crippen LogP contribution in [0.4, 0.5) is 5.82 Å². The lowest BCUT2D eigenvalue weighted by Gasteiger charge is -2.21. The molecule has 94 valence electrons. The number of hydrogen-bond acceptors (Lipinski definition) is 3. The number of anilines is 1. The predicted octanol–water partition coefficient (Wildman–Crippen LogP) is 3.62. The Hall–Kier alpha value is -1.64. The van der Waals surface area contributed by atoms with Gasteiger partial charge in [-0.1, -0.05) is 37.1 Å². The lowest BCUT2D eigenvalue weighted by Crippen LogP contribution is -2.24. The topological polar surface area (TPSA) is 37.8 Å². The van der Waals surface area contributed by atoms with E-state index in [4.69, 9.17) is 0 Å². The molecule has 1 N–H and O–H groups in total. The van der Waals surface area contributed by atoms with Crippen molar-refractivity contribution in [2.24, 2.45) is 5.92 Å². The molecule has 1 unspecified atom stereocenters. The summed E-state index contributed by atoms with van der Waals surface area (Å²) in [5, 5.41) is 14.2. The van der Waals surface area contributed by atoms with Crippen LogP contribution in [-0.4, -0.2) is 16.2 Å². The Labute approximate surface area is 108 Å². The van der Waals surface area contributed by atoms with Crippen LogP contribution in [0.2, 0.25) is 0 Å². The van der Waals surface area contributed by atoms with Crippen molar-refractivity contribution in [1.82, 2.24) is 10.2 Å². The lowest BCUT2D eigenvalue weighted by atomic mass is 10.00. The van der Waals surface area contributed by atoms with Crippen molar-refractivity contribution >= 4 is 16.6 Å². The molecule has 18 heavy (non-hydrogen) atoms. The summed E-state index contributed by atoms with van der Waals surface area (Å²) in [6.45, 7) is 2.26. The molecule has 1 saturated carbocycles. The highest BCUT2D eigenvalue weighted by Crippen LogP contribution is 2.30. The van der Waals surface area contributed by atoms with Gasteiger partial charge in [0.15, 0.2) is 5.82 Å². The second-order valence-electron chi connectivity index (χ2n) is 5.26. The fourth-order valence-electron chi connectivity index (χ4n) is 2.93. The maximum Gasteiger partial charge on any atom is 0.156 e. The first-order chi connectivity index (χ1) is 8.84. The first-order valence-electron chi connectivity index (χ1n) is 6.81. The minimum Gasteiger partial charge on any atom is -0.365 e. The van der Waals surface area contributed by atoms with Gasteiger partial charge in [-0.25, -0.2) is 0 Å². The monoisotopic (exact) mass is 241 g/mol. The van der Waals surface area contributed by atoms with Gasteiger partial charge in [-0.15, -0.1) is 5.10 Å². The largest absolute Gasteiger partial charge is 0.365 e. The highest BCUT2D eigenvalue weighted by molar-refractivity contribution is 5.90. The van der Waals surface area contributed by atoms with Gasteiger partial charge in [0.2, 0.25) is 0 Å². The van der Waals surface area contributed by atoms with Crippen LogP contribution in [0.1, 0.15) is 32.6 Å². The minimum atomic E-state index is 0.479. The van der Waals surface area contributed by atoms with Crippen molar-refractivity contribution in [3.05, 3.63) is 30.5 Å². The smallest absolute Gasteiger partial charge is 0.156 e. The van der Waals surface area contributed by atoms with Gasteiger partial charge < -0.3 is 5.32 Å². The van der Waals surface area contributed by atoms with Crippen LogP contribution >= 0.6 is 0 Å². The van der Waals surface area contributed by atoms with E-state index in [1.54, 1.807) is 0 Å². The van der Waals surface area contributed by atoms with Crippen LogP contribution in [0.15, 0.2) is 30.5 Å². The summed E-state index contributed by atoms with van der Waals surface area (Å²) in [5.74, 6) is 1.71. The Morgan fingerprint density at radius 1 is 1.22 bits per heavy atom. The first kappa shape index (κ1) is 11.5. The molecule has 3 rings (SSSR count). The second-order valence-corrected chi connectivity index (χ2v) is 5.26. The summed E-state index contributed by atoms with van der Waals surface area (Å²) < 4.78 is 0. The molecule has 1 aliphatic rings. The summed E-state index contributed by atoms with van der Waals surface area (Å²) in [5.41, 5.74) is 0. The molecule has 1 aliphatic carbocycles. The van der Waals surface area contributed by atoms with Crippen LogP contribution in [-0.2, 0) is 0 Å². The molecule has 0 radical (unpaired) electrons. The van der Waals surface area contributed by atoms with E-state index in [9.17, 15) is 0 Å². The standard InChI is InChI=1S/C15H19N3/c1-11(12-6-2-3-7-12)17-15-14-9-5-4-8-13(14)10-16-18-15/h4-5,8-12H,2-3,6-7H2,1H3,(H,17,18). The number of fused-ring (bicyclic) bond motifs is 1. The Morgan fingerprint density at radius 2 is 2.00 bits per heavy atom. The number of nitrogens with zero attached hydrogens (tertiary/aromatic N) is 2. The van der Waals surface area contributed by atoms with Gasteiger partial charge in [-0.05, 0) is 25.7 Å². The molecule has 1 aromatic carbocycles. The van der Waals surface area contributed by atoms with Gasteiger partial charge >= 0.3 is 0 Å². The average Bonchev–Trinajstić information content (AvgIpc) is 2.93. The van der Waals surface area contributed by atoms with Crippen LogP contribution in [0.3, 0.4) is 0 Å². The highest BCUT2D eigenvalue weighted by Gasteiger charge is 2.22. The molecule has 0 spiro atoms. The molecule has 2 aromatic rings. The summed E-state index contributed by atoms with van der Waals surface area (Å²) >= 11 is 0. The van der Waals surface area contributed by atoms with Gasteiger partial charge in [0.25, 0.3) is 0 Å². The molecule has 0 amide bonds. The molecule has 1 heterocycles. The molecule has 3 nitrogen and oxygen atoms in total. The summed E-state index contributed by atoms with van der Waals surface area (Å²) in [7, 11) is 0. The zero-order valence-corrected chi connectivity index (χ0v) is 10.8. The zero-order valence-electron chi connectivity index (χ0n) is 10.8. The van der Waals surface area contributed by atoms with E-state index in [1.165, 1.54) is 25.7 Å². The van der Waals surface area contributed by atoms with Crippen LogP contribution in [0, 0.1) is 5.92 Å². The fourth-order valence-corrected chi connectivity index (χ4v) is 2.93. The molecule has 0 bridgehead atoms. The Morgan fingerprint density at radius 3 is 2.83 bits per heavy atom. The SMILES string of the molecule is CC(Nc1nncc2ccccc12)C1CCCC1. The molecular formula is C15H19N3. The Kier molecular flexibility index (Phi) is 3.13. The van der Waals surface area contributed by atoms with E-state index >= 15 is 0 Å². The third-order valence-electron chi connectivity index (χ3n) is 4.04. The van der Waals surface area contributed by atoms with E-state index in [2.05, 4.69) is 40.6 Å². The van der Waals surface area contributed by atoms with Crippen molar-refractivity contribution in [2.75, 3.05) is 5.32 Å². The van der Waals surface area contributed by atoms with Gasteiger partial charge in [-0.3, -0.25) is 0 Å². The van der Waals surface area contributed by atoms with Crippen LogP contribution < -0.4 is 5.32 Å². The van der Waals surface area contributed by atoms with Crippen molar-refractivity contribution in [1.29, 1.82) is 0 Å². The molecule has 1 aromatic heterocycles. The molecule has 1 atom stereocenters. The van der Waals surface area contributed by atoms with Gasteiger partial charge in [0.1, 0.15) is 0 Å². The number of rotatable bonds is 3. The Balaban J connectivity index is 1.85. The predicted molar refractivity (Wildman–Crippen MR) is 74.6 cm³/mol. The van der Waals surface area contributed by atoms with Crippen LogP contribution in [0.5, 0.6) is 0 Å². The Bertz CT molecular complexity index is 527. The molecular weight excluding hydrogens is 222 g/mol. The molecule has 3 heteroatoms. The number of hydrogen-bond donors (Lipinski definition) is 1. The number of nitrogens with one attached hydrogen (secondary N) is 1. The third-order valence-corrected chi connectivity index (χ3v) is 4.04. The molecule has 1 fully saturated rings. The summed E-state index contributed by atoms with van der Waals surface area (Å²) in [6.07, 6.45) is 7.25. The fraction of sp³-hybridized carbons (Fsp3) is 0.467. The maximum atomic E-state index is 4.26. The van der Waals surface area contributed by atoms with E-state index in [0.29, 0.717) is 6.04 Å². The average molecular weight is 241 g/mol. The molecule has 0 aliphatic heterocycles. The van der Waals surface area contributed by atoms with Gasteiger partial charge in [-0.2, -0.15) is 5.10 Å². The number of benzene rings is 1. The lowest BCUT2D eigenvalue weighted by molar-refractivity contribution is 0.481. The van der Waals surface area contributed by atoms with Gasteiger partial charge in [0.05, 0.1) is 6.20 Å². The minimum absolute atomic E-state index is 0.479. The maximum absolute atomic E-state index is 4.26. The molecule has 0 saturated heterocycles. The van der Waals surface area contributed by atoms with E-state index in [1.807, 2.05) is 12.3 Å². The van der Waals surface area contributed by atoms with Crippen molar-refractivity contribution in [2.45, 2.75) is 38.6 Å². The summed E-state index contributed by atoms with van der Waals surface area (Å²) in [6, 6.07) is 8.75. The van der Waals surface area contributed by atoms with E-state index in [0.717, 1.165) is 22.5 Å². The van der Waals surface area contributed by atoms with Crippen molar-refractivity contribution in [3.8, 4) is 0 Å². The van der Waals surface area contributed by atoms with Crippen molar-refractivity contribution in [3.63, 3.8) is 0 Å². The second kappa shape index (κ2) is 4.92. The van der Waals surface area contributed by atoms with Gasteiger partial charge in [0, 0.05) is 16.8 Å². The van der Waals surface area contributed by atoms with Crippen LogP contribution in [0.25, 0.3) is 10.8 Å². The summed E-state index contributed by atoms with van der Waals surface area (Å²) in [4.78, 5) is 0. The number of aromatic nitrogens is 2. The third kappa shape index (κ3) is 2.17. The van der Waals surface area contributed by atoms with E-state index in [-0.39, 0.29) is 0 Å². The van der Waals surface area contributed by atoms with E-state index < -0.39 is 0 Å². The van der Waals surface area contributed by atoms with Crippen molar-refractivity contribution < 1.29 is 0 Å².